The molecule has 1 saturated carbocycles. The van der Waals surface area contributed by atoms with Crippen molar-refractivity contribution in [3.05, 3.63) is 46.7 Å². The second kappa shape index (κ2) is 7.52. The van der Waals surface area contributed by atoms with Crippen LogP contribution >= 0.6 is 11.6 Å². The van der Waals surface area contributed by atoms with Crippen LogP contribution in [0.5, 0.6) is 0 Å². The van der Waals surface area contributed by atoms with Crippen molar-refractivity contribution in [2.24, 2.45) is 0 Å². The lowest BCUT2D eigenvalue weighted by Gasteiger charge is -2.31. The third-order valence-corrected chi connectivity index (χ3v) is 5.01. The van der Waals surface area contributed by atoms with E-state index in [1.54, 1.807) is 36.2 Å². The molecule has 4 nitrogen and oxygen atoms in total. The summed E-state index contributed by atoms with van der Waals surface area (Å²) >= 11 is 5.85. The predicted octanol–water partition coefficient (Wildman–Crippen LogP) is 4.87. The van der Waals surface area contributed by atoms with Crippen LogP contribution in [0.4, 0.5) is 8.78 Å². The number of amides is 1. The van der Waals surface area contributed by atoms with Crippen molar-refractivity contribution in [2.75, 3.05) is 7.05 Å². The smallest absolute Gasteiger partial charge is 0.281 e. The first kappa shape index (κ1) is 17.9. The molecule has 1 aromatic carbocycles. The van der Waals surface area contributed by atoms with Gasteiger partial charge < -0.3 is 4.90 Å². The van der Waals surface area contributed by atoms with E-state index in [0.717, 1.165) is 36.8 Å². The van der Waals surface area contributed by atoms with Crippen LogP contribution in [-0.2, 0) is 0 Å². The standard InChI is InChI=1S/C18H20ClF2N3O/c1-23(13-5-3-2-4-6-13)18(25)15-11-22-24(16(15)17(20)21)14-9-7-12(19)8-10-14/h7-11,13,17H,2-6H2,1H3. The molecule has 0 spiro atoms. The molecule has 1 heterocycles. The third kappa shape index (κ3) is 3.68. The van der Waals surface area contributed by atoms with E-state index < -0.39 is 12.3 Å². The van der Waals surface area contributed by atoms with Crippen LogP contribution in [0.1, 0.15) is 54.6 Å². The zero-order valence-electron chi connectivity index (χ0n) is 14.0. The number of rotatable bonds is 4. The number of carbonyl (C=O) groups is 1. The van der Waals surface area contributed by atoms with Gasteiger partial charge in [0.15, 0.2) is 0 Å². The Kier molecular flexibility index (Phi) is 5.37. The Balaban J connectivity index is 1.93. The van der Waals surface area contributed by atoms with E-state index in [1.165, 1.54) is 6.20 Å². The van der Waals surface area contributed by atoms with Crippen molar-refractivity contribution in [1.82, 2.24) is 14.7 Å². The molecule has 0 radical (unpaired) electrons. The summed E-state index contributed by atoms with van der Waals surface area (Å²) in [5.74, 6) is -0.401. The van der Waals surface area contributed by atoms with Gasteiger partial charge in [-0.25, -0.2) is 13.5 Å². The highest BCUT2D eigenvalue weighted by Gasteiger charge is 2.30. The first-order valence-corrected chi connectivity index (χ1v) is 8.76. The number of benzene rings is 1. The summed E-state index contributed by atoms with van der Waals surface area (Å²) < 4.78 is 28.5. The second-order valence-corrected chi connectivity index (χ2v) is 6.78. The molecule has 1 aliphatic rings. The van der Waals surface area contributed by atoms with E-state index >= 15 is 0 Å². The lowest BCUT2D eigenvalue weighted by atomic mass is 9.94. The molecule has 0 saturated heterocycles. The van der Waals surface area contributed by atoms with Gasteiger partial charge in [-0.1, -0.05) is 30.9 Å². The molecule has 0 N–H and O–H groups in total. The molecule has 0 unspecified atom stereocenters. The van der Waals surface area contributed by atoms with E-state index in [2.05, 4.69) is 5.10 Å². The topological polar surface area (TPSA) is 38.1 Å². The molecule has 134 valence electrons. The van der Waals surface area contributed by atoms with Crippen LogP contribution in [0.25, 0.3) is 5.69 Å². The fourth-order valence-electron chi connectivity index (χ4n) is 3.34. The Hall–Kier alpha value is -1.95. The summed E-state index contributed by atoms with van der Waals surface area (Å²) in [4.78, 5) is 14.4. The van der Waals surface area contributed by atoms with Crippen molar-refractivity contribution in [2.45, 2.75) is 44.6 Å². The maximum atomic E-state index is 13.7. The Labute approximate surface area is 150 Å². The minimum atomic E-state index is -2.81. The Bertz CT molecular complexity index is 739. The minimum absolute atomic E-state index is 0.0435. The van der Waals surface area contributed by atoms with Gasteiger partial charge >= 0.3 is 0 Å². The van der Waals surface area contributed by atoms with Gasteiger partial charge in [0, 0.05) is 18.1 Å². The molecular formula is C18H20ClF2N3O. The van der Waals surface area contributed by atoms with Crippen molar-refractivity contribution in [1.29, 1.82) is 0 Å². The zero-order chi connectivity index (χ0) is 18.0. The average Bonchev–Trinajstić information content (AvgIpc) is 3.07. The van der Waals surface area contributed by atoms with E-state index in [9.17, 15) is 13.6 Å². The first-order valence-electron chi connectivity index (χ1n) is 8.38. The molecule has 1 aliphatic carbocycles. The molecule has 25 heavy (non-hydrogen) atoms. The van der Waals surface area contributed by atoms with E-state index in [-0.39, 0.29) is 17.3 Å². The van der Waals surface area contributed by atoms with Gasteiger partial charge in [-0.2, -0.15) is 5.10 Å². The predicted molar refractivity (Wildman–Crippen MR) is 92.5 cm³/mol. The Morgan fingerprint density at radius 3 is 2.48 bits per heavy atom. The molecule has 3 rings (SSSR count). The molecule has 0 atom stereocenters. The molecule has 0 aliphatic heterocycles. The first-order chi connectivity index (χ1) is 12.0. The highest BCUT2D eigenvalue weighted by atomic mass is 35.5. The number of alkyl halides is 2. The fraction of sp³-hybridized carbons (Fsp3) is 0.444. The van der Waals surface area contributed by atoms with E-state index in [4.69, 9.17) is 11.6 Å². The van der Waals surface area contributed by atoms with Crippen LogP contribution in [0.15, 0.2) is 30.5 Å². The largest absolute Gasteiger partial charge is 0.339 e. The number of hydrogen-bond donors (Lipinski definition) is 0. The maximum Gasteiger partial charge on any atom is 0.281 e. The zero-order valence-corrected chi connectivity index (χ0v) is 14.7. The Morgan fingerprint density at radius 2 is 1.88 bits per heavy atom. The van der Waals surface area contributed by atoms with Gasteiger partial charge in [-0.3, -0.25) is 4.79 Å². The quantitative estimate of drug-likeness (QED) is 0.773. The minimum Gasteiger partial charge on any atom is -0.339 e. The number of aromatic nitrogens is 2. The van der Waals surface area contributed by atoms with Crippen LogP contribution in [0.3, 0.4) is 0 Å². The van der Waals surface area contributed by atoms with Gasteiger partial charge in [-0.05, 0) is 37.1 Å². The summed E-state index contributed by atoms with van der Waals surface area (Å²) in [5.41, 5.74) is 0.0204. The number of hydrogen-bond acceptors (Lipinski definition) is 2. The number of halogens is 3. The number of nitrogens with zero attached hydrogens (tertiary/aromatic N) is 3. The summed E-state index contributed by atoms with van der Waals surface area (Å²) in [6.45, 7) is 0. The summed E-state index contributed by atoms with van der Waals surface area (Å²) in [7, 11) is 1.69. The molecule has 2 aromatic rings. The van der Waals surface area contributed by atoms with Crippen LogP contribution in [0, 0.1) is 0 Å². The molecule has 1 fully saturated rings. The lowest BCUT2D eigenvalue weighted by molar-refractivity contribution is 0.0683. The Morgan fingerprint density at radius 1 is 1.24 bits per heavy atom. The highest BCUT2D eigenvalue weighted by molar-refractivity contribution is 6.30. The summed E-state index contributed by atoms with van der Waals surface area (Å²) in [5, 5.41) is 4.53. The monoisotopic (exact) mass is 367 g/mol. The van der Waals surface area contributed by atoms with Crippen molar-refractivity contribution in [3.8, 4) is 5.69 Å². The van der Waals surface area contributed by atoms with Gasteiger partial charge in [0.05, 0.1) is 17.4 Å². The van der Waals surface area contributed by atoms with Crippen LogP contribution in [0.2, 0.25) is 5.02 Å². The summed E-state index contributed by atoms with van der Waals surface area (Å²) in [6, 6.07) is 6.50. The highest BCUT2D eigenvalue weighted by Crippen LogP contribution is 2.29. The average molecular weight is 368 g/mol. The van der Waals surface area contributed by atoms with Gasteiger partial charge in [0.2, 0.25) is 0 Å². The molecular weight excluding hydrogens is 348 g/mol. The van der Waals surface area contributed by atoms with Crippen LogP contribution < -0.4 is 0 Å². The van der Waals surface area contributed by atoms with E-state index in [1.807, 2.05) is 0 Å². The second-order valence-electron chi connectivity index (χ2n) is 6.34. The normalized spacial score (nSPS) is 15.6. The fourth-order valence-corrected chi connectivity index (χ4v) is 3.47. The lowest BCUT2D eigenvalue weighted by Crippen LogP contribution is -2.38. The third-order valence-electron chi connectivity index (χ3n) is 4.76. The van der Waals surface area contributed by atoms with Crippen molar-refractivity contribution >= 4 is 17.5 Å². The maximum absolute atomic E-state index is 13.7. The van der Waals surface area contributed by atoms with Gasteiger partial charge in [-0.15, -0.1) is 0 Å². The molecule has 7 heteroatoms. The molecule has 0 bridgehead atoms. The van der Waals surface area contributed by atoms with Crippen LogP contribution in [-0.4, -0.2) is 33.7 Å². The molecule has 1 amide bonds. The summed E-state index contributed by atoms with van der Waals surface area (Å²) in [6.07, 6.45) is 3.54. The van der Waals surface area contributed by atoms with E-state index in [0.29, 0.717) is 10.7 Å². The SMILES string of the molecule is CN(C(=O)c1cnn(-c2ccc(Cl)cc2)c1C(F)F)C1CCCCC1. The number of carbonyl (C=O) groups excluding carboxylic acids is 1. The van der Waals surface area contributed by atoms with Crippen molar-refractivity contribution < 1.29 is 13.6 Å². The molecule has 1 aromatic heterocycles. The van der Waals surface area contributed by atoms with Gasteiger partial charge in [0.25, 0.3) is 12.3 Å². The van der Waals surface area contributed by atoms with Gasteiger partial charge in [0.1, 0.15) is 5.69 Å². The van der Waals surface area contributed by atoms with Crippen molar-refractivity contribution in [3.63, 3.8) is 0 Å².